The van der Waals surface area contributed by atoms with Crippen LogP contribution in [0.25, 0.3) is 0 Å². The molecule has 0 radical (unpaired) electrons. The minimum absolute atomic E-state index is 0.387. The predicted molar refractivity (Wildman–Crippen MR) is 109 cm³/mol. The molecule has 3 aliphatic heterocycles. The standard InChI is InChI=1S/C19H26Br2N2O4/c20-14-9-15-17(16(21)10-14)27-13-19(18(15)24,11-22-1-5-25-6-2-22)12-23-3-7-26-8-4-23/h9-10,18,24H,1-8,11-13H2. The maximum absolute atomic E-state index is 11.5. The Labute approximate surface area is 177 Å². The van der Waals surface area contributed by atoms with Gasteiger partial charge < -0.3 is 19.3 Å². The lowest BCUT2D eigenvalue weighted by Crippen LogP contribution is -2.56. The lowest BCUT2D eigenvalue weighted by Gasteiger charge is -2.48. The molecule has 1 aromatic rings. The first kappa shape index (κ1) is 20.1. The van der Waals surface area contributed by atoms with Crippen molar-refractivity contribution < 1.29 is 19.3 Å². The Hall–Kier alpha value is -0.220. The van der Waals surface area contributed by atoms with E-state index >= 15 is 0 Å². The molecule has 0 aliphatic carbocycles. The summed E-state index contributed by atoms with van der Waals surface area (Å²) >= 11 is 7.13. The van der Waals surface area contributed by atoms with Gasteiger partial charge in [0, 0.05) is 49.3 Å². The van der Waals surface area contributed by atoms with Gasteiger partial charge in [-0.05, 0) is 28.1 Å². The van der Waals surface area contributed by atoms with Crippen molar-refractivity contribution in [3.63, 3.8) is 0 Å². The summed E-state index contributed by atoms with van der Waals surface area (Å²) in [4.78, 5) is 4.79. The fourth-order valence-electron chi connectivity index (χ4n) is 4.28. The van der Waals surface area contributed by atoms with E-state index in [1.807, 2.05) is 12.1 Å². The van der Waals surface area contributed by atoms with Crippen molar-refractivity contribution in [2.75, 3.05) is 72.3 Å². The van der Waals surface area contributed by atoms with Crippen molar-refractivity contribution in [1.29, 1.82) is 0 Å². The monoisotopic (exact) mass is 504 g/mol. The molecule has 1 unspecified atom stereocenters. The highest BCUT2D eigenvalue weighted by atomic mass is 79.9. The van der Waals surface area contributed by atoms with Crippen LogP contribution in [0.15, 0.2) is 21.1 Å². The minimum atomic E-state index is -0.597. The number of ether oxygens (including phenoxy) is 3. The zero-order chi connectivity index (χ0) is 18.9. The van der Waals surface area contributed by atoms with Crippen LogP contribution in [-0.2, 0) is 9.47 Å². The summed E-state index contributed by atoms with van der Waals surface area (Å²) in [5.41, 5.74) is 0.464. The summed E-state index contributed by atoms with van der Waals surface area (Å²) in [6.45, 7) is 8.65. The van der Waals surface area contributed by atoms with Crippen molar-refractivity contribution in [1.82, 2.24) is 9.80 Å². The van der Waals surface area contributed by atoms with Gasteiger partial charge in [-0.3, -0.25) is 9.80 Å². The molecule has 4 rings (SSSR count). The highest BCUT2D eigenvalue weighted by Gasteiger charge is 2.47. The molecule has 6 nitrogen and oxygen atoms in total. The summed E-state index contributed by atoms with van der Waals surface area (Å²) in [6.07, 6.45) is -0.597. The summed E-state index contributed by atoms with van der Waals surface area (Å²) in [5, 5.41) is 11.5. The van der Waals surface area contributed by atoms with Crippen LogP contribution >= 0.6 is 31.9 Å². The van der Waals surface area contributed by atoms with Crippen LogP contribution in [0.1, 0.15) is 11.7 Å². The number of rotatable bonds is 4. The lowest BCUT2D eigenvalue weighted by molar-refractivity contribution is -0.0929. The van der Waals surface area contributed by atoms with Gasteiger partial charge in [0.05, 0.1) is 49.0 Å². The zero-order valence-electron chi connectivity index (χ0n) is 15.3. The Balaban J connectivity index is 1.64. The van der Waals surface area contributed by atoms with Gasteiger partial charge in [0.25, 0.3) is 0 Å². The Morgan fingerprint density at radius 2 is 1.52 bits per heavy atom. The molecule has 3 aliphatic rings. The predicted octanol–water partition coefficient (Wildman–Crippen LogP) is 2.29. The van der Waals surface area contributed by atoms with Crippen molar-refractivity contribution in [3.8, 4) is 5.75 Å². The van der Waals surface area contributed by atoms with E-state index < -0.39 is 6.10 Å². The van der Waals surface area contributed by atoms with E-state index in [4.69, 9.17) is 14.2 Å². The van der Waals surface area contributed by atoms with Crippen LogP contribution in [0, 0.1) is 5.41 Å². The normalized spacial score (nSPS) is 26.4. The third-order valence-corrected chi connectivity index (χ3v) is 6.75. The number of benzene rings is 1. The summed E-state index contributed by atoms with van der Waals surface area (Å²) in [7, 11) is 0. The van der Waals surface area contributed by atoms with Crippen LogP contribution in [0.4, 0.5) is 0 Å². The molecule has 0 amide bonds. The Morgan fingerprint density at radius 3 is 2.07 bits per heavy atom. The molecule has 150 valence electrons. The Bertz CT molecular complexity index is 643. The molecule has 3 heterocycles. The van der Waals surface area contributed by atoms with Gasteiger partial charge in [-0.1, -0.05) is 15.9 Å². The third-order valence-electron chi connectivity index (χ3n) is 5.70. The molecule has 1 N–H and O–H groups in total. The number of fused-ring (bicyclic) bond motifs is 1. The highest BCUT2D eigenvalue weighted by Crippen LogP contribution is 2.48. The number of aliphatic hydroxyl groups is 1. The van der Waals surface area contributed by atoms with Gasteiger partial charge >= 0.3 is 0 Å². The lowest BCUT2D eigenvalue weighted by atomic mass is 9.76. The van der Waals surface area contributed by atoms with Gasteiger partial charge in [0.1, 0.15) is 5.75 Å². The van der Waals surface area contributed by atoms with Crippen molar-refractivity contribution in [2.45, 2.75) is 6.10 Å². The van der Waals surface area contributed by atoms with Gasteiger partial charge in [-0.25, -0.2) is 0 Å². The maximum Gasteiger partial charge on any atom is 0.139 e. The molecule has 27 heavy (non-hydrogen) atoms. The second-order valence-corrected chi connectivity index (χ2v) is 9.41. The minimum Gasteiger partial charge on any atom is -0.491 e. The summed E-state index contributed by atoms with van der Waals surface area (Å²) < 4.78 is 19.1. The molecule has 1 aromatic carbocycles. The quantitative estimate of drug-likeness (QED) is 0.677. The van der Waals surface area contributed by atoms with E-state index in [0.717, 1.165) is 86.0 Å². The number of nitrogens with zero attached hydrogens (tertiary/aromatic N) is 2. The van der Waals surface area contributed by atoms with E-state index in [9.17, 15) is 5.11 Å². The molecule has 1 atom stereocenters. The first-order valence-electron chi connectivity index (χ1n) is 9.47. The third kappa shape index (κ3) is 4.37. The summed E-state index contributed by atoms with van der Waals surface area (Å²) in [6, 6.07) is 3.94. The zero-order valence-corrected chi connectivity index (χ0v) is 18.5. The van der Waals surface area contributed by atoms with Crippen molar-refractivity contribution >= 4 is 31.9 Å². The van der Waals surface area contributed by atoms with Crippen molar-refractivity contribution in [2.24, 2.45) is 5.41 Å². The first-order valence-corrected chi connectivity index (χ1v) is 11.1. The Morgan fingerprint density at radius 1 is 0.963 bits per heavy atom. The number of aliphatic hydroxyl groups excluding tert-OH is 1. The maximum atomic E-state index is 11.5. The van der Waals surface area contributed by atoms with E-state index in [1.165, 1.54) is 0 Å². The van der Waals surface area contributed by atoms with Crippen LogP contribution < -0.4 is 4.74 Å². The van der Waals surface area contributed by atoms with Gasteiger partial charge in [0.2, 0.25) is 0 Å². The van der Waals surface area contributed by atoms with Crippen molar-refractivity contribution in [3.05, 3.63) is 26.6 Å². The molecule has 2 saturated heterocycles. The number of hydrogen-bond acceptors (Lipinski definition) is 6. The fourth-order valence-corrected chi connectivity index (χ4v) is 5.66. The molecular weight excluding hydrogens is 480 g/mol. The second-order valence-electron chi connectivity index (χ2n) is 7.64. The molecule has 0 bridgehead atoms. The second kappa shape index (κ2) is 8.65. The average Bonchev–Trinajstić information content (AvgIpc) is 2.67. The average molecular weight is 506 g/mol. The SMILES string of the molecule is OC1c2cc(Br)cc(Br)c2OCC1(CN1CCOCC1)CN1CCOCC1. The molecule has 0 aromatic heterocycles. The van der Waals surface area contributed by atoms with Gasteiger partial charge in [0.15, 0.2) is 0 Å². The molecule has 0 saturated carbocycles. The van der Waals surface area contributed by atoms with Gasteiger partial charge in [-0.2, -0.15) is 0 Å². The van der Waals surface area contributed by atoms with E-state index in [1.54, 1.807) is 0 Å². The molecule has 0 spiro atoms. The van der Waals surface area contributed by atoms with E-state index in [2.05, 4.69) is 41.7 Å². The highest BCUT2D eigenvalue weighted by molar-refractivity contribution is 9.11. The molecule has 8 heteroatoms. The van der Waals surface area contributed by atoms with Crippen LogP contribution in [0.2, 0.25) is 0 Å². The van der Waals surface area contributed by atoms with Crippen LogP contribution in [0.5, 0.6) is 5.75 Å². The molecule has 2 fully saturated rings. The smallest absolute Gasteiger partial charge is 0.139 e. The topological polar surface area (TPSA) is 54.4 Å². The van der Waals surface area contributed by atoms with Crippen LogP contribution in [-0.4, -0.2) is 87.2 Å². The number of morpholine rings is 2. The fraction of sp³-hybridized carbons (Fsp3) is 0.684. The van der Waals surface area contributed by atoms with Gasteiger partial charge in [-0.15, -0.1) is 0 Å². The summed E-state index contributed by atoms with van der Waals surface area (Å²) in [5.74, 6) is 0.755. The van der Waals surface area contributed by atoms with E-state index in [0.29, 0.717) is 6.61 Å². The van der Waals surface area contributed by atoms with E-state index in [-0.39, 0.29) is 5.41 Å². The van der Waals surface area contributed by atoms with Crippen LogP contribution in [0.3, 0.4) is 0 Å². The number of hydrogen-bond donors (Lipinski definition) is 1. The molecular formula is C19H26Br2N2O4. The number of halogens is 2. The first-order chi connectivity index (χ1) is 13.1. The Kier molecular flexibility index (Phi) is 6.43. The largest absolute Gasteiger partial charge is 0.491 e.